The number of hydrogen-bond donors (Lipinski definition) is 3. The van der Waals surface area contributed by atoms with E-state index in [9.17, 15) is 9.90 Å². The number of rotatable bonds is 5. The molecule has 0 bridgehead atoms. The van der Waals surface area contributed by atoms with Gasteiger partial charge in [-0.25, -0.2) is 4.98 Å². The first kappa shape index (κ1) is 23.0. The van der Waals surface area contributed by atoms with E-state index in [0.29, 0.717) is 5.82 Å². The average Bonchev–Trinajstić information content (AvgIpc) is 3.31. The number of aromatic nitrogens is 4. The van der Waals surface area contributed by atoms with Crippen molar-refractivity contribution in [3.63, 3.8) is 0 Å². The summed E-state index contributed by atoms with van der Waals surface area (Å²) in [5.74, 6) is 0.530. The van der Waals surface area contributed by atoms with Gasteiger partial charge in [0, 0.05) is 40.5 Å². The van der Waals surface area contributed by atoms with E-state index < -0.39 is 6.10 Å². The molecular weight excluding hydrogens is 439 g/mol. The molecule has 4 aromatic rings. The molecule has 0 spiro atoms. The molecule has 1 atom stereocenters. The normalized spacial score (nSPS) is 18.9. The lowest BCUT2D eigenvalue weighted by Crippen LogP contribution is -2.42. The molecule has 0 radical (unpaired) electrons. The summed E-state index contributed by atoms with van der Waals surface area (Å²) in [5.41, 5.74) is 13.0. The van der Waals surface area contributed by atoms with Crippen LogP contribution < -0.4 is 16.5 Å². The third-order valence-corrected chi connectivity index (χ3v) is 6.95. The topological polar surface area (TPSA) is 118 Å². The van der Waals surface area contributed by atoms with Gasteiger partial charge in [-0.05, 0) is 44.1 Å². The van der Waals surface area contributed by atoms with Crippen molar-refractivity contribution in [2.24, 2.45) is 0 Å². The lowest BCUT2D eigenvalue weighted by molar-refractivity contribution is -0.129. The van der Waals surface area contributed by atoms with E-state index in [0.717, 1.165) is 64.9 Å². The summed E-state index contributed by atoms with van der Waals surface area (Å²) in [6.45, 7) is 1.49. The number of nitrogen functional groups attached to an aromatic ring is 1. The molecular formula is C26H29BN6O2. The third-order valence-electron chi connectivity index (χ3n) is 6.95. The predicted molar refractivity (Wildman–Crippen MR) is 139 cm³/mol. The molecule has 1 aliphatic rings. The van der Waals surface area contributed by atoms with Crippen LogP contribution in [0.15, 0.2) is 54.9 Å². The fraction of sp³-hybridized carbons (Fsp3) is 0.308. The van der Waals surface area contributed by atoms with Gasteiger partial charge in [-0.2, -0.15) is 9.61 Å². The van der Waals surface area contributed by atoms with Gasteiger partial charge in [0.2, 0.25) is 5.91 Å². The van der Waals surface area contributed by atoms with E-state index in [1.165, 1.54) is 6.92 Å². The van der Waals surface area contributed by atoms with Gasteiger partial charge in [0.05, 0.1) is 11.9 Å². The maximum absolute atomic E-state index is 11.8. The van der Waals surface area contributed by atoms with Crippen LogP contribution in [0, 0.1) is 0 Å². The summed E-state index contributed by atoms with van der Waals surface area (Å²) < 4.78 is 1.70. The molecule has 1 fully saturated rings. The Morgan fingerprint density at radius 2 is 1.86 bits per heavy atom. The van der Waals surface area contributed by atoms with Crippen LogP contribution >= 0.6 is 0 Å². The number of nitrogens with two attached hydrogens (primary N) is 1. The molecule has 4 N–H and O–H groups in total. The molecule has 1 aromatic carbocycles. The number of benzene rings is 1. The Balaban J connectivity index is 1.42. The minimum Gasteiger partial charge on any atom is -0.384 e. The first-order chi connectivity index (χ1) is 16.9. The second kappa shape index (κ2) is 9.50. The van der Waals surface area contributed by atoms with Gasteiger partial charge >= 0.3 is 0 Å². The fourth-order valence-corrected chi connectivity index (χ4v) is 4.88. The Kier molecular flexibility index (Phi) is 6.26. The molecule has 1 aliphatic carbocycles. The number of hydrogen-bond acceptors (Lipinski definition) is 6. The zero-order valence-corrected chi connectivity index (χ0v) is 20.0. The van der Waals surface area contributed by atoms with E-state index in [2.05, 4.69) is 15.4 Å². The maximum Gasteiger partial charge on any atom is 0.248 e. The molecule has 3 heterocycles. The Hall–Kier alpha value is -3.72. The fourth-order valence-electron chi connectivity index (χ4n) is 4.88. The van der Waals surface area contributed by atoms with Gasteiger partial charge in [0.1, 0.15) is 19.8 Å². The van der Waals surface area contributed by atoms with Gasteiger partial charge in [-0.3, -0.25) is 9.78 Å². The smallest absolute Gasteiger partial charge is 0.248 e. The third kappa shape index (κ3) is 4.51. The lowest BCUT2D eigenvalue weighted by Gasteiger charge is -2.30. The van der Waals surface area contributed by atoms with E-state index in [-0.39, 0.29) is 17.9 Å². The molecule has 35 heavy (non-hydrogen) atoms. The number of carbonyl (C=O) groups is 1. The molecule has 1 saturated carbocycles. The van der Waals surface area contributed by atoms with Crippen LogP contribution in [-0.4, -0.2) is 50.6 Å². The van der Waals surface area contributed by atoms with E-state index in [4.69, 9.17) is 10.7 Å². The van der Waals surface area contributed by atoms with Crippen molar-refractivity contribution in [3.05, 3.63) is 60.6 Å². The molecule has 8 nitrogen and oxygen atoms in total. The molecule has 1 amide bonds. The van der Waals surface area contributed by atoms with Crippen molar-refractivity contribution in [3.8, 4) is 22.4 Å². The number of pyridine rings is 1. The minimum absolute atomic E-state index is 0.0782. The summed E-state index contributed by atoms with van der Waals surface area (Å²) in [4.78, 5) is 21.6. The number of nitrogens with zero attached hydrogens (tertiary/aromatic N) is 4. The summed E-state index contributed by atoms with van der Waals surface area (Å²) in [5, 5.41) is 16.9. The summed E-state index contributed by atoms with van der Waals surface area (Å²) in [7, 11) is 2.00. The zero-order valence-electron chi connectivity index (χ0n) is 20.0. The molecule has 178 valence electrons. The summed E-state index contributed by atoms with van der Waals surface area (Å²) >= 11 is 0. The Bertz CT molecular complexity index is 1350. The highest BCUT2D eigenvalue weighted by Crippen LogP contribution is 2.33. The van der Waals surface area contributed by atoms with Crippen molar-refractivity contribution < 1.29 is 9.90 Å². The van der Waals surface area contributed by atoms with Crippen LogP contribution in [0.2, 0.25) is 0 Å². The highest BCUT2D eigenvalue weighted by molar-refractivity contribution is 6.36. The van der Waals surface area contributed by atoms with Crippen molar-refractivity contribution >= 4 is 30.7 Å². The van der Waals surface area contributed by atoms with Crippen molar-refractivity contribution in [1.82, 2.24) is 24.9 Å². The van der Waals surface area contributed by atoms with Crippen LogP contribution in [0.3, 0.4) is 0 Å². The minimum atomic E-state index is -0.990. The molecule has 0 aliphatic heterocycles. The number of anilines is 1. The molecule has 5 rings (SSSR count). The SMILES string of the molecule is Bc1c(N)n2ncc(-c3ccc(-c4ccccc4)nc3)c2nc1[C@H]1CC[C@@H](NC(=O)[C@@H](C)O)CC1. The first-order valence-corrected chi connectivity index (χ1v) is 12.1. The van der Waals surface area contributed by atoms with Gasteiger partial charge in [-0.1, -0.05) is 36.4 Å². The van der Waals surface area contributed by atoms with E-state index >= 15 is 0 Å². The van der Waals surface area contributed by atoms with Crippen LogP contribution in [-0.2, 0) is 4.79 Å². The van der Waals surface area contributed by atoms with Crippen molar-refractivity contribution in [2.75, 3.05) is 5.73 Å². The quantitative estimate of drug-likeness (QED) is 0.385. The number of amides is 1. The number of carbonyl (C=O) groups excluding carboxylic acids is 1. The Labute approximate surface area is 205 Å². The molecule has 3 aromatic heterocycles. The summed E-state index contributed by atoms with van der Waals surface area (Å²) in [6.07, 6.45) is 6.13. The number of fused-ring (bicyclic) bond motifs is 1. The molecule has 0 saturated heterocycles. The number of aliphatic hydroxyl groups excluding tert-OH is 1. The number of aliphatic hydroxyl groups is 1. The van der Waals surface area contributed by atoms with Gasteiger partial charge < -0.3 is 16.2 Å². The van der Waals surface area contributed by atoms with Crippen LogP contribution in [0.5, 0.6) is 0 Å². The second-order valence-corrected chi connectivity index (χ2v) is 9.33. The number of nitrogens with one attached hydrogen (secondary N) is 1. The predicted octanol–water partition coefficient (Wildman–Crippen LogP) is 1.82. The van der Waals surface area contributed by atoms with Crippen LogP contribution in [0.1, 0.15) is 44.2 Å². The Morgan fingerprint density at radius 1 is 1.11 bits per heavy atom. The average molecular weight is 468 g/mol. The monoisotopic (exact) mass is 468 g/mol. The molecule has 0 unspecified atom stereocenters. The van der Waals surface area contributed by atoms with Crippen LogP contribution in [0.25, 0.3) is 28.0 Å². The van der Waals surface area contributed by atoms with Gasteiger partial charge in [0.15, 0.2) is 5.65 Å². The van der Waals surface area contributed by atoms with Gasteiger partial charge in [0.25, 0.3) is 0 Å². The van der Waals surface area contributed by atoms with Crippen molar-refractivity contribution in [1.29, 1.82) is 0 Å². The highest BCUT2D eigenvalue weighted by atomic mass is 16.3. The Morgan fingerprint density at radius 3 is 2.51 bits per heavy atom. The first-order valence-electron chi connectivity index (χ1n) is 12.1. The lowest BCUT2D eigenvalue weighted by atomic mass is 9.79. The van der Waals surface area contributed by atoms with E-state index in [1.54, 1.807) is 10.7 Å². The van der Waals surface area contributed by atoms with Crippen molar-refractivity contribution in [2.45, 2.75) is 50.7 Å². The van der Waals surface area contributed by atoms with E-state index in [1.807, 2.05) is 56.5 Å². The highest BCUT2D eigenvalue weighted by Gasteiger charge is 2.28. The molecule has 9 heteroatoms. The zero-order chi connectivity index (χ0) is 24.5. The second-order valence-electron chi connectivity index (χ2n) is 9.33. The van der Waals surface area contributed by atoms with Gasteiger partial charge in [-0.15, -0.1) is 0 Å². The standard InChI is InChI=1S/C26H29BN6O2/c1-15(34)26(35)31-19-10-7-17(8-11-19)23-22(27)24(28)33-25(32-23)20(14-30-33)18-9-12-21(29-13-18)16-5-3-2-4-6-16/h2-6,9,12-15,17,19,34H,7-8,10-11,27-28H2,1H3,(H,31,35)/t15-,17-,19+/m1/s1. The maximum atomic E-state index is 11.8. The largest absolute Gasteiger partial charge is 0.384 e. The summed E-state index contributed by atoms with van der Waals surface area (Å²) in [6, 6.07) is 14.2. The van der Waals surface area contributed by atoms with Crippen LogP contribution in [0.4, 0.5) is 5.82 Å².